The lowest BCUT2D eigenvalue weighted by atomic mass is 10.3. The largest absolute Gasteiger partial charge is 0.480 e. The number of carboxylic acids is 4. The fourth-order valence-corrected chi connectivity index (χ4v) is 1.48. The van der Waals surface area contributed by atoms with Gasteiger partial charge in [-0.05, 0) is 12.1 Å². The van der Waals surface area contributed by atoms with E-state index in [2.05, 4.69) is 5.32 Å². The van der Waals surface area contributed by atoms with Gasteiger partial charge in [-0.15, -0.1) is 0 Å². The smallest absolute Gasteiger partial charge is 0.323 e. The molecule has 0 saturated carbocycles. The van der Waals surface area contributed by atoms with Crippen molar-refractivity contribution in [1.82, 2.24) is 5.32 Å². The molecular formula is C14H18N2O8. The van der Waals surface area contributed by atoms with Crippen LogP contribution in [0.2, 0.25) is 0 Å². The van der Waals surface area contributed by atoms with E-state index in [0.717, 1.165) is 0 Å². The van der Waals surface area contributed by atoms with Crippen LogP contribution in [0.3, 0.4) is 0 Å². The third-order valence-electron chi connectivity index (χ3n) is 2.33. The van der Waals surface area contributed by atoms with E-state index in [1.165, 1.54) is 4.90 Å². The summed E-state index contributed by atoms with van der Waals surface area (Å²) < 4.78 is 0. The van der Waals surface area contributed by atoms with Crippen molar-refractivity contribution in [3.05, 3.63) is 30.3 Å². The van der Waals surface area contributed by atoms with E-state index in [4.69, 9.17) is 20.4 Å². The number of hydrogen-bond donors (Lipinski definition) is 5. The molecule has 0 fully saturated rings. The fraction of sp³-hybridized carbons (Fsp3) is 0.286. The van der Waals surface area contributed by atoms with Crippen molar-refractivity contribution in [2.75, 3.05) is 31.1 Å². The molecule has 0 saturated heterocycles. The second-order valence-electron chi connectivity index (χ2n) is 4.37. The predicted octanol–water partition coefficient (Wildman–Crippen LogP) is -0.593. The van der Waals surface area contributed by atoms with Crippen LogP contribution in [0.1, 0.15) is 0 Å². The zero-order chi connectivity index (χ0) is 18.5. The highest BCUT2D eigenvalue weighted by Crippen LogP contribution is 2.12. The van der Waals surface area contributed by atoms with Crippen molar-refractivity contribution in [3.63, 3.8) is 0 Å². The Morgan fingerprint density at radius 1 is 0.750 bits per heavy atom. The lowest BCUT2D eigenvalue weighted by molar-refractivity contribution is -0.138. The van der Waals surface area contributed by atoms with Crippen molar-refractivity contribution in [1.29, 1.82) is 0 Å². The summed E-state index contributed by atoms with van der Waals surface area (Å²) in [5.74, 6) is -4.23. The van der Waals surface area contributed by atoms with Crippen LogP contribution in [-0.2, 0) is 19.2 Å². The van der Waals surface area contributed by atoms with Crippen LogP contribution in [0, 0.1) is 0 Å². The molecule has 0 heterocycles. The molecule has 24 heavy (non-hydrogen) atoms. The van der Waals surface area contributed by atoms with Crippen LogP contribution in [0.5, 0.6) is 0 Å². The van der Waals surface area contributed by atoms with Gasteiger partial charge >= 0.3 is 23.9 Å². The van der Waals surface area contributed by atoms with Gasteiger partial charge < -0.3 is 25.3 Å². The summed E-state index contributed by atoms with van der Waals surface area (Å²) in [6.07, 6.45) is 0. The van der Waals surface area contributed by atoms with Gasteiger partial charge in [-0.1, -0.05) is 18.2 Å². The Morgan fingerprint density at radius 2 is 1.17 bits per heavy atom. The van der Waals surface area contributed by atoms with Crippen molar-refractivity contribution < 1.29 is 39.6 Å². The third kappa shape index (κ3) is 11.5. The average molecular weight is 342 g/mol. The molecule has 0 bridgehead atoms. The lowest BCUT2D eigenvalue weighted by Crippen LogP contribution is -2.34. The maximum absolute atomic E-state index is 10.5. The number of nitrogens with zero attached hydrogens (tertiary/aromatic N) is 1. The maximum atomic E-state index is 10.5. The lowest BCUT2D eigenvalue weighted by Gasteiger charge is -2.20. The monoisotopic (exact) mass is 342 g/mol. The first-order valence-electron chi connectivity index (χ1n) is 6.60. The quantitative estimate of drug-likeness (QED) is 0.391. The van der Waals surface area contributed by atoms with Gasteiger partial charge in [0.2, 0.25) is 0 Å². The van der Waals surface area contributed by atoms with Gasteiger partial charge in [0, 0.05) is 5.69 Å². The molecule has 1 rings (SSSR count). The Labute approximate surface area is 136 Å². The second kappa shape index (κ2) is 11.4. The molecule has 0 spiro atoms. The summed E-state index contributed by atoms with van der Waals surface area (Å²) in [6.45, 7) is -1.27. The molecular weight excluding hydrogens is 324 g/mol. The standard InChI is InChI=1S/C10H11NO4.C4H7NO4/c12-9(13)6-11(7-10(14)15)8-4-2-1-3-5-8;6-3(7)1-5-2-4(8)9/h1-5H,6-7H2,(H,12,13)(H,14,15);5H,1-2H2,(H,6,7)(H,8,9). The van der Waals surface area contributed by atoms with E-state index < -0.39 is 23.9 Å². The Morgan fingerprint density at radius 3 is 1.50 bits per heavy atom. The molecule has 1 aromatic carbocycles. The molecule has 0 unspecified atom stereocenters. The number of rotatable bonds is 9. The Bertz CT molecular complexity index is 531. The molecule has 0 aromatic heterocycles. The van der Waals surface area contributed by atoms with E-state index in [9.17, 15) is 19.2 Å². The van der Waals surface area contributed by atoms with E-state index >= 15 is 0 Å². The minimum Gasteiger partial charge on any atom is -0.480 e. The first-order valence-corrected chi connectivity index (χ1v) is 6.60. The first-order chi connectivity index (χ1) is 11.2. The normalized spacial score (nSPS) is 9.33. The number of benzene rings is 1. The highest BCUT2D eigenvalue weighted by Gasteiger charge is 2.13. The molecule has 0 aliphatic carbocycles. The number of para-hydroxylation sites is 1. The van der Waals surface area contributed by atoms with Gasteiger partial charge in [-0.2, -0.15) is 0 Å². The van der Waals surface area contributed by atoms with Gasteiger partial charge in [0.05, 0.1) is 13.1 Å². The molecule has 0 aliphatic rings. The minimum absolute atomic E-state index is 0.313. The average Bonchev–Trinajstić information content (AvgIpc) is 2.46. The van der Waals surface area contributed by atoms with E-state index in [1.807, 2.05) is 0 Å². The zero-order valence-electron chi connectivity index (χ0n) is 12.6. The highest BCUT2D eigenvalue weighted by molar-refractivity contribution is 5.79. The minimum atomic E-state index is -1.06. The Kier molecular flexibility index (Phi) is 9.93. The van der Waals surface area contributed by atoms with E-state index in [1.54, 1.807) is 30.3 Å². The number of anilines is 1. The Hall–Kier alpha value is -3.14. The van der Waals surface area contributed by atoms with Gasteiger partial charge in [-0.3, -0.25) is 24.5 Å². The van der Waals surface area contributed by atoms with Crippen molar-refractivity contribution in [2.24, 2.45) is 0 Å². The topological polar surface area (TPSA) is 164 Å². The third-order valence-corrected chi connectivity index (χ3v) is 2.33. The van der Waals surface area contributed by atoms with Crippen molar-refractivity contribution in [3.8, 4) is 0 Å². The fourth-order valence-electron chi connectivity index (χ4n) is 1.48. The van der Waals surface area contributed by atoms with Crippen molar-refractivity contribution in [2.45, 2.75) is 0 Å². The van der Waals surface area contributed by atoms with Crippen LogP contribution >= 0.6 is 0 Å². The molecule has 0 atom stereocenters. The molecule has 132 valence electrons. The van der Waals surface area contributed by atoms with Gasteiger partial charge in [0.25, 0.3) is 0 Å². The SMILES string of the molecule is O=C(O)CN(CC(=O)O)c1ccccc1.O=C(O)CNCC(=O)O. The molecule has 0 radical (unpaired) electrons. The summed E-state index contributed by atoms with van der Waals surface area (Å²) in [6, 6.07) is 8.58. The van der Waals surface area contributed by atoms with E-state index in [-0.39, 0.29) is 26.2 Å². The summed E-state index contributed by atoms with van der Waals surface area (Å²) >= 11 is 0. The number of carboxylic acid groups (broad SMARTS) is 4. The van der Waals surface area contributed by atoms with Crippen LogP contribution in [-0.4, -0.2) is 70.5 Å². The molecule has 10 nitrogen and oxygen atoms in total. The van der Waals surface area contributed by atoms with Gasteiger partial charge in [0.15, 0.2) is 0 Å². The zero-order valence-corrected chi connectivity index (χ0v) is 12.6. The summed E-state index contributed by atoms with van der Waals surface area (Å²) in [7, 11) is 0. The number of aliphatic carboxylic acids is 4. The van der Waals surface area contributed by atoms with Crippen molar-refractivity contribution >= 4 is 29.6 Å². The number of nitrogens with one attached hydrogen (secondary N) is 1. The first kappa shape index (κ1) is 20.9. The number of hydrogen-bond acceptors (Lipinski definition) is 6. The molecule has 10 heteroatoms. The highest BCUT2D eigenvalue weighted by atomic mass is 16.4. The Balaban J connectivity index is 0.000000506. The van der Waals surface area contributed by atoms with Crippen LogP contribution in [0.4, 0.5) is 5.69 Å². The predicted molar refractivity (Wildman–Crippen MR) is 82.1 cm³/mol. The summed E-state index contributed by atoms with van der Waals surface area (Å²) in [5.41, 5.74) is 0.585. The summed E-state index contributed by atoms with van der Waals surface area (Å²) in [5, 5.41) is 35.4. The van der Waals surface area contributed by atoms with E-state index in [0.29, 0.717) is 5.69 Å². The molecule has 5 N–H and O–H groups in total. The molecule has 0 amide bonds. The van der Waals surface area contributed by atoms with Crippen LogP contribution in [0.25, 0.3) is 0 Å². The van der Waals surface area contributed by atoms with Gasteiger partial charge in [-0.25, -0.2) is 0 Å². The van der Waals surface area contributed by atoms with Crippen LogP contribution < -0.4 is 10.2 Å². The van der Waals surface area contributed by atoms with Gasteiger partial charge in [0.1, 0.15) is 13.1 Å². The molecule has 1 aromatic rings. The maximum Gasteiger partial charge on any atom is 0.323 e. The number of carbonyl (C=O) groups is 4. The second-order valence-corrected chi connectivity index (χ2v) is 4.37. The van der Waals surface area contributed by atoms with Crippen LogP contribution in [0.15, 0.2) is 30.3 Å². The molecule has 0 aliphatic heterocycles. The summed E-state index contributed by atoms with van der Waals surface area (Å²) in [4.78, 5) is 41.8.